The fourth-order valence-electron chi connectivity index (χ4n) is 1.65. The zero-order chi connectivity index (χ0) is 11.0. The SMILES string of the molecule is CNCCCCN(CC(C)C)C(C)C. The molecule has 0 spiro atoms. The Morgan fingerprint density at radius 2 is 1.71 bits per heavy atom. The summed E-state index contributed by atoms with van der Waals surface area (Å²) in [5.74, 6) is 0.779. The molecule has 0 aliphatic heterocycles. The van der Waals surface area contributed by atoms with Crippen LogP contribution >= 0.6 is 0 Å². The molecule has 0 saturated carbocycles. The first-order chi connectivity index (χ1) is 6.57. The highest BCUT2D eigenvalue weighted by molar-refractivity contribution is 4.64. The quantitative estimate of drug-likeness (QED) is 0.605. The van der Waals surface area contributed by atoms with E-state index in [4.69, 9.17) is 0 Å². The van der Waals surface area contributed by atoms with E-state index in [1.54, 1.807) is 0 Å². The first kappa shape index (κ1) is 13.9. The third kappa shape index (κ3) is 7.34. The van der Waals surface area contributed by atoms with Crippen LogP contribution in [0.2, 0.25) is 0 Å². The zero-order valence-electron chi connectivity index (χ0n) is 10.6. The van der Waals surface area contributed by atoms with Crippen molar-refractivity contribution in [1.29, 1.82) is 0 Å². The number of hydrogen-bond acceptors (Lipinski definition) is 2. The van der Waals surface area contributed by atoms with Gasteiger partial charge in [0, 0.05) is 12.6 Å². The van der Waals surface area contributed by atoms with Gasteiger partial charge in [-0.25, -0.2) is 0 Å². The van der Waals surface area contributed by atoms with Crippen LogP contribution < -0.4 is 5.32 Å². The van der Waals surface area contributed by atoms with Crippen LogP contribution in [-0.4, -0.2) is 37.6 Å². The van der Waals surface area contributed by atoms with Gasteiger partial charge in [-0.15, -0.1) is 0 Å². The van der Waals surface area contributed by atoms with Crippen LogP contribution in [0.1, 0.15) is 40.5 Å². The van der Waals surface area contributed by atoms with Crippen molar-refractivity contribution in [1.82, 2.24) is 10.2 Å². The molecule has 0 bridgehead atoms. The molecule has 0 rings (SSSR count). The normalized spacial score (nSPS) is 12.0. The van der Waals surface area contributed by atoms with E-state index in [2.05, 4.69) is 37.9 Å². The zero-order valence-corrected chi connectivity index (χ0v) is 10.6. The Labute approximate surface area is 90.1 Å². The van der Waals surface area contributed by atoms with Crippen molar-refractivity contribution in [2.24, 2.45) is 5.92 Å². The lowest BCUT2D eigenvalue weighted by Gasteiger charge is -2.28. The lowest BCUT2D eigenvalue weighted by Crippen LogP contribution is -2.35. The highest BCUT2D eigenvalue weighted by Gasteiger charge is 2.09. The number of rotatable bonds is 8. The largest absolute Gasteiger partial charge is 0.320 e. The summed E-state index contributed by atoms with van der Waals surface area (Å²) >= 11 is 0. The first-order valence-electron chi connectivity index (χ1n) is 5.96. The summed E-state index contributed by atoms with van der Waals surface area (Å²) in [4.78, 5) is 2.58. The van der Waals surface area contributed by atoms with Gasteiger partial charge in [0.05, 0.1) is 0 Å². The van der Waals surface area contributed by atoms with Crippen LogP contribution in [0.5, 0.6) is 0 Å². The van der Waals surface area contributed by atoms with E-state index in [0.29, 0.717) is 6.04 Å². The molecule has 0 amide bonds. The van der Waals surface area contributed by atoms with Crippen molar-refractivity contribution in [3.63, 3.8) is 0 Å². The summed E-state index contributed by atoms with van der Waals surface area (Å²) in [6, 6.07) is 0.687. The van der Waals surface area contributed by atoms with Gasteiger partial charge in [0.1, 0.15) is 0 Å². The number of unbranched alkanes of at least 4 members (excludes halogenated alkanes) is 1. The average molecular weight is 200 g/mol. The summed E-state index contributed by atoms with van der Waals surface area (Å²) in [7, 11) is 2.02. The highest BCUT2D eigenvalue weighted by Crippen LogP contribution is 2.05. The smallest absolute Gasteiger partial charge is 0.00387 e. The van der Waals surface area contributed by atoms with E-state index in [1.165, 1.54) is 25.9 Å². The average Bonchev–Trinajstić information content (AvgIpc) is 2.09. The minimum absolute atomic E-state index is 0.687. The van der Waals surface area contributed by atoms with Crippen molar-refractivity contribution < 1.29 is 0 Å². The first-order valence-corrected chi connectivity index (χ1v) is 5.96. The maximum absolute atomic E-state index is 3.19. The molecule has 2 nitrogen and oxygen atoms in total. The summed E-state index contributed by atoms with van der Waals surface area (Å²) in [5.41, 5.74) is 0. The Kier molecular flexibility index (Phi) is 8.20. The van der Waals surface area contributed by atoms with Gasteiger partial charge in [-0.2, -0.15) is 0 Å². The Bertz CT molecular complexity index is 121. The topological polar surface area (TPSA) is 15.3 Å². The van der Waals surface area contributed by atoms with Gasteiger partial charge in [0.2, 0.25) is 0 Å². The van der Waals surface area contributed by atoms with E-state index in [1.807, 2.05) is 7.05 Å². The van der Waals surface area contributed by atoms with Crippen molar-refractivity contribution in [3.05, 3.63) is 0 Å². The van der Waals surface area contributed by atoms with Gasteiger partial charge < -0.3 is 10.2 Å². The maximum atomic E-state index is 3.19. The molecule has 0 aromatic carbocycles. The predicted molar refractivity (Wildman–Crippen MR) is 64.7 cm³/mol. The van der Waals surface area contributed by atoms with Crippen LogP contribution in [0.15, 0.2) is 0 Å². The van der Waals surface area contributed by atoms with Crippen molar-refractivity contribution in [2.75, 3.05) is 26.7 Å². The molecule has 0 aliphatic rings. The van der Waals surface area contributed by atoms with Gasteiger partial charge in [-0.1, -0.05) is 13.8 Å². The molecule has 0 saturated heterocycles. The molecule has 0 heterocycles. The molecule has 0 unspecified atom stereocenters. The van der Waals surface area contributed by atoms with Crippen LogP contribution in [-0.2, 0) is 0 Å². The maximum Gasteiger partial charge on any atom is 0.00387 e. The summed E-state index contributed by atoms with van der Waals surface area (Å²) in [6.07, 6.45) is 2.60. The monoisotopic (exact) mass is 200 g/mol. The second-order valence-electron chi connectivity index (χ2n) is 4.79. The standard InChI is InChI=1S/C12H28N2/c1-11(2)10-14(12(3)4)9-7-6-8-13-5/h11-13H,6-10H2,1-5H3. The molecule has 0 aromatic rings. The number of hydrogen-bond donors (Lipinski definition) is 1. The Morgan fingerprint density at radius 3 is 2.14 bits per heavy atom. The molecule has 86 valence electrons. The second kappa shape index (κ2) is 8.25. The molecule has 2 heteroatoms. The van der Waals surface area contributed by atoms with E-state index >= 15 is 0 Å². The van der Waals surface area contributed by atoms with E-state index in [9.17, 15) is 0 Å². The van der Waals surface area contributed by atoms with Crippen molar-refractivity contribution >= 4 is 0 Å². The predicted octanol–water partition coefficient (Wildman–Crippen LogP) is 2.35. The Balaban J connectivity index is 3.63. The third-order valence-corrected chi connectivity index (χ3v) is 2.45. The summed E-state index contributed by atoms with van der Waals surface area (Å²) in [5, 5.41) is 3.19. The molecule has 0 aliphatic carbocycles. The van der Waals surface area contributed by atoms with Crippen molar-refractivity contribution in [3.8, 4) is 0 Å². The van der Waals surface area contributed by atoms with E-state index in [0.717, 1.165) is 12.5 Å². The van der Waals surface area contributed by atoms with Crippen molar-refractivity contribution in [2.45, 2.75) is 46.6 Å². The molecular formula is C12H28N2. The Hall–Kier alpha value is -0.0800. The fraction of sp³-hybridized carbons (Fsp3) is 1.00. The minimum Gasteiger partial charge on any atom is -0.320 e. The van der Waals surface area contributed by atoms with Crippen LogP contribution in [0.4, 0.5) is 0 Å². The molecule has 0 atom stereocenters. The third-order valence-electron chi connectivity index (χ3n) is 2.45. The minimum atomic E-state index is 0.687. The summed E-state index contributed by atoms with van der Waals surface area (Å²) in [6.45, 7) is 12.8. The number of nitrogens with zero attached hydrogens (tertiary/aromatic N) is 1. The molecule has 1 N–H and O–H groups in total. The molecule has 0 fully saturated rings. The highest BCUT2D eigenvalue weighted by atomic mass is 15.1. The van der Waals surface area contributed by atoms with Gasteiger partial charge in [0.15, 0.2) is 0 Å². The van der Waals surface area contributed by atoms with Gasteiger partial charge in [0.25, 0.3) is 0 Å². The molecule has 14 heavy (non-hydrogen) atoms. The van der Waals surface area contributed by atoms with Crippen LogP contribution in [0.3, 0.4) is 0 Å². The molecule has 0 radical (unpaired) electrons. The van der Waals surface area contributed by atoms with Gasteiger partial charge in [-0.05, 0) is 52.7 Å². The lowest BCUT2D eigenvalue weighted by molar-refractivity contribution is 0.194. The van der Waals surface area contributed by atoms with E-state index < -0.39 is 0 Å². The van der Waals surface area contributed by atoms with Crippen LogP contribution in [0, 0.1) is 5.92 Å². The number of nitrogens with one attached hydrogen (secondary N) is 1. The van der Waals surface area contributed by atoms with Crippen LogP contribution in [0.25, 0.3) is 0 Å². The second-order valence-corrected chi connectivity index (χ2v) is 4.79. The summed E-state index contributed by atoms with van der Waals surface area (Å²) < 4.78 is 0. The van der Waals surface area contributed by atoms with Gasteiger partial charge in [-0.3, -0.25) is 0 Å². The lowest BCUT2D eigenvalue weighted by atomic mass is 10.1. The van der Waals surface area contributed by atoms with E-state index in [-0.39, 0.29) is 0 Å². The Morgan fingerprint density at radius 1 is 1.07 bits per heavy atom. The molecular weight excluding hydrogens is 172 g/mol. The molecule has 0 aromatic heterocycles. The van der Waals surface area contributed by atoms with Gasteiger partial charge >= 0.3 is 0 Å². The fourth-order valence-corrected chi connectivity index (χ4v) is 1.65.